The van der Waals surface area contributed by atoms with E-state index >= 15 is 0 Å². The molecule has 3 atom stereocenters. The Hall–Kier alpha value is -0.570. The molecule has 0 radical (unpaired) electrons. The zero-order chi connectivity index (χ0) is 10.8. The Bertz CT molecular complexity index is 332. The minimum Gasteiger partial charge on any atom is -0.393 e. The van der Waals surface area contributed by atoms with Gasteiger partial charge in [-0.1, -0.05) is 23.7 Å². The van der Waals surface area contributed by atoms with Crippen molar-refractivity contribution in [1.82, 2.24) is 5.32 Å². The highest BCUT2D eigenvalue weighted by molar-refractivity contribution is 6.30. The Labute approximate surface area is 95.3 Å². The third-order valence-electron chi connectivity index (χ3n) is 2.87. The summed E-state index contributed by atoms with van der Waals surface area (Å²) in [5, 5.41) is 13.9. The summed E-state index contributed by atoms with van der Waals surface area (Å²) in [4.78, 5) is 0. The first-order valence-electron chi connectivity index (χ1n) is 5.34. The smallest absolute Gasteiger partial charge is 0.0573 e. The van der Waals surface area contributed by atoms with Crippen molar-refractivity contribution >= 4 is 11.6 Å². The maximum absolute atomic E-state index is 9.71. The lowest BCUT2D eigenvalue weighted by Gasteiger charge is -2.32. The van der Waals surface area contributed by atoms with Crippen molar-refractivity contribution in [3.8, 4) is 0 Å². The van der Waals surface area contributed by atoms with Gasteiger partial charge < -0.3 is 10.4 Å². The van der Waals surface area contributed by atoms with Crippen LogP contribution in [0.15, 0.2) is 24.3 Å². The summed E-state index contributed by atoms with van der Waals surface area (Å²) in [7, 11) is 0. The van der Waals surface area contributed by atoms with Gasteiger partial charge in [0.15, 0.2) is 0 Å². The van der Waals surface area contributed by atoms with Gasteiger partial charge in [-0.05, 0) is 37.5 Å². The van der Waals surface area contributed by atoms with Crippen molar-refractivity contribution in [2.45, 2.75) is 38.0 Å². The van der Waals surface area contributed by atoms with E-state index in [-0.39, 0.29) is 12.1 Å². The molecule has 0 spiro atoms. The normalized spacial score (nSPS) is 31.5. The summed E-state index contributed by atoms with van der Waals surface area (Å²) in [6, 6.07) is 8.41. The molecule has 1 saturated heterocycles. The summed E-state index contributed by atoms with van der Waals surface area (Å²) >= 11 is 5.95. The predicted octanol–water partition coefficient (Wildman–Crippen LogP) is 2.51. The average molecular weight is 226 g/mol. The molecular formula is C12H16ClNO. The number of rotatable bonds is 1. The molecule has 2 nitrogen and oxygen atoms in total. The van der Waals surface area contributed by atoms with E-state index in [1.54, 1.807) is 0 Å². The van der Waals surface area contributed by atoms with E-state index in [9.17, 15) is 5.11 Å². The van der Waals surface area contributed by atoms with Gasteiger partial charge in [-0.3, -0.25) is 0 Å². The maximum atomic E-state index is 9.71. The van der Waals surface area contributed by atoms with E-state index < -0.39 is 0 Å². The Balaban J connectivity index is 2.16. The van der Waals surface area contributed by atoms with Gasteiger partial charge in [-0.2, -0.15) is 0 Å². The molecule has 0 bridgehead atoms. The number of benzene rings is 1. The van der Waals surface area contributed by atoms with E-state index in [0.29, 0.717) is 6.04 Å². The van der Waals surface area contributed by atoms with E-state index in [2.05, 4.69) is 12.2 Å². The third-order valence-corrected chi connectivity index (χ3v) is 3.11. The quantitative estimate of drug-likeness (QED) is 0.770. The molecule has 0 aromatic heterocycles. The first-order valence-corrected chi connectivity index (χ1v) is 5.72. The topological polar surface area (TPSA) is 32.3 Å². The molecule has 1 aliphatic heterocycles. The number of halogens is 1. The van der Waals surface area contributed by atoms with Crippen LogP contribution in [0, 0.1) is 0 Å². The molecule has 82 valence electrons. The van der Waals surface area contributed by atoms with Gasteiger partial charge >= 0.3 is 0 Å². The summed E-state index contributed by atoms with van der Waals surface area (Å²) in [5.74, 6) is 0. The summed E-state index contributed by atoms with van der Waals surface area (Å²) in [5.41, 5.74) is 1.16. The predicted molar refractivity (Wildman–Crippen MR) is 62.0 cm³/mol. The minimum absolute atomic E-state index is 0.203. The molecule has 1 aromatic carbocycles. The van der Waals surface area contributed by atoms with Crippen LogP contribution in [0.2, 0.25) is 5.02 Å². The van der Waals surface area contributed by atoms with Gasteiger partial charge in [0, 0.05) is 17.1 Å². The van der Waals surface area contributed by atoms with Crippen molar-refractivity contribution in [2.75, 3.05) is 0 Å². The first kappa shape index (κ1) is 10.9. The maximum Gasteiger partial charge on any atom is 0.0573 e. The van der Waals surface area contributed by atoms with Gasteiger partial charge in [-0.15, -0.1) is 0 Å². The number of hydrogen-bond donors (Lipinski definition) is 2. The Morgan fingerprint density at radius 2 is 2.20 bits per heavy atom. The largest absolute Gasteiger partial charge is 0.393 e. The number of aliphatic hydroxyl groups is 1. The Morgan fingerprint density at radius 1 is 1.40 bits per heavy atom. The lowest BCUT2D eigenvalue weighted by atomic mass is 9.92. The molecule has 0 aliphatic carbocycles. The fraction of sp³-hybridized carbons (Fsp3) is 0.500. The molecule has 2 rings (SSSR count). The molecule has 2 N–H and O–H groups in total. The van der Waals surface area contributed by atoms with Crippen molar-refractivity contribution in [3.05, 3.63) is 34.9 Å². The monoisotopic (exact) mass is 225 g/mol. The van der Waals surface area contributed by atoms with E-state index in [1.165, 1.54) is 0 Å². The molecule has 1 aromatic rings. The van der Waals surface area contributed by atoms with Crippen molar-refractivity contribution < 1.29 is 5.11 Å². The Morgan fingerprint density at radius 3 is 2.87 bits per heavy atom. The zero-order valence-corrected chi connectivity index (χ0v) is 9.54. The van der Waals surface area contributed by atoms with Gasteiger partial charge in [0.1, 0.15) is 0 Å². The highest BCUT2D eigenvalue weighted by atomic mass is 35.5. The van der Waals surface area contributed by atoms with Crippen molar-refractivity contribution in [3.63, 3.8) is 0 Å². The van der Waals surface area contributed by atoms with E-state index in [1.807, 2.05) is 24.3 Å². The third kappa shape index (κ3) is 2.71. The molecule has 1 heterocycles. The zero-order valence-electron chi connectivity index (χ0n) is 8.78. The van der Waals surface area contributed by atoms with Gasteiger partial charge in [0.05, 0.1) is 6.10 Å². The Kier molecular flexibility index (Phi) is 3.29. The second-order valence-corrected chi connectivity index (χ2v) is 4.74. The highest BCUT2D eigenvalue weighted by Gasteiger charge is 2.25. The average Bonchev–Trinajstić information content (AvgIpc) is 2.16. The number of aliphatic hydroxyl groups excluding tert-OH is 1. The highest BCUT2D eigenvalue weighted by Crippen LogP contribution is 2.27. The lowest BCUT2D eigenvalue weighted by molar-refractivity contribution is 0.0975. The van der Waals surface area contributed by atoms with Crippen molar-refractivity contribution in [2.24, 2.45) is 0 Å². The van der Waals surface area contributed by atoms with Crippen LogP contribution in [0.1, 0.15) is 31.4 Å². The molecule has 0 unspecified atom stereocenters. The second kappa shape index (κ2) is 4.52. The molecule has 15 heavy (non-hydrogen) atoms. The first-order chi connectivity index (χ1) is 7.15. The van der Waals surface area contributed by atoms with Gasteiger partial charge in [0.2, 0.25) is 0 Å². The van der Waals surface area contributed by atoms with Crippen LogP contribution in [0.3, 0.4) is 0 Å². The van der Waals surface area contributed by atoms with Crippen LogP contribution in [0.4, 0.5) is 0 Å². The van der Waals surface area contributed by atoms with Crippen LogP contribution >= 0.6 is 11.6 Å². The molecule has 0 saturated carbocycles. The SMILES string of the molecule is C[C@@H]1C[C@H](O)C[C@H](c2cccc(Cl)c2)N1. The van der Waals surface area contributed by atoms with Crippen LogP contribution in [-0.2, 0) is 0 Å². The lowest BCUT2D eigenvalue weighted by Crippen LogP contribution is -2.40. The van der Waals surface area contributed by atoms with Crippen LogP contribution in [-0.4, -0.2) is 17.3 Å². The summed E-state index contributed by atoms with van der Waals surface area (Å²) in [6.07, 6.45) is 1.40. The molecule has 0 amide bonds. The number of nitrogens with one attached hydrogen (secondary N) is 1. The number of hydrogen-bond acceptors (Lipinski definition) is 2. The fourth-order valence-electron chi connectivity index (χ4n) is 2.21. The van der Waals surface area contributed by atoms with Crippen LogP contribution in [0.25, 0.3) is 0 Å². The summed E-state index contributed by atoms with van der Waals surface area (Å²) < 4.78 is 0. The fourth-order valence-corrected chi connectivity index (χ4v) is 2.41. The molecular weight excluding hydrogens is 210 g/mol. The summed E-state index contributed by atoms with van der Waals surface area (Å²) in [6.45, 7) is 2.10. The van der Waals surface area contributed by atoms with Crippen LogP contribution < -0.4 is 5.32 Å². The van der Waals surface area contributed by atoms with Crippen molar-refractivity contribution in [1.29, 1.82) is 0 Å². The van der Waals surface area contributed by atoms with Gasteiger partial charge in [-0.25, -0.2) is 0 Å². The standard InChI is InChI=1S/C12H16ClNO/c1-8-5-11(15)7-12(14-8)9-3-2-4-10(13)6-9/h2-4,6,8,11-12,14-15H,5,7H2,1H3/t8-,11+,12-/m1/s1. The molecule has 1 fully saturated rings. The number of piperidine rings is 1. The van der Waals surface area contributed by atoms with E-state index in [0.717, 1.165) is 23.4 Å². The van der Waals surface area contributed by atoms with Crippen LogP contribution in [0.5, 0.6) is 0 Å². The molecule has 1 aliphatic rings. The van der Waals surface area contributed by atoms with Gasteiger partial charge in [0.25, 0.3) is 0 Å². The minimum atomic E-state index is -0.203. The van der Waals surface area contributed by atoms with E-state index in [4.69, 9.17) is 11.6 Å². The second-order valence-electron chi connectivity index (χ2n) is 4.30. The molecule has 3 heteroatoms.